The van der Waals surface area contributed by atoms with E-state index in [1.807, 2.05) is 0 Å². The van der Waals surface area contributed by atoms with E-state index >= 15 is 0 Å². The lowest BCUT2D eigenvalue weighted by Gasteiger charge is -2.10. The van der Waals surface area contributed by atoms with E-state index < -0.39 is 11.2 Å². The molecular weight excluding hydrogens is 296 g/mol. The SMILES string of the molecule is CCOC(=O)CNC(=O)SCc1cnc(C)c(O)c1CO. The van der Waals surface area contributed by atoms with Gasteiger partial charge in [-0.2, -0.15) is 0 Å². The molecule has 1 amide bonds. The average molecular weight is 314 g/mol. The fourth-order valence-electron chi connectivity index (χ4n) is 1.54. The molecule has 0 fully saturated rings. The second-order valence-corrected chi connectivity index (χ2v) is 5.04. The third-order valence-corrected chi connectivity index (χ3v) is 3.49. The van der Waals surface area contributed by atoms with Crippen LogP contribution in [0.4, 0.5) is 4.79 Å². The lowest BCUT2D eigenvalue weighted by molar-refractivity contribution is -0.141. The van der Waals surface area contributed by atoms with Crippen molar-refractivity contribution in [2.24, 2.45) is 0 Å². The highest BCUT2D eigenvalue weighted by Crippen LogP contribution is 2.26. The van der Waals surface area contributed by atoms with Crippen LogP contribution < -0.4 is 5.32 Å². The van der Waals surface area contributed by atoms with Gasteiger partial charge in [0.2, 0.25) is 0 Å². The largest absolute Gasteiger partial charge is 0.506 e. The Morgan fingerprint density at radius 1 is 1.48 bits per heavy atom. The molecule has 0 spiro atoms. The number of aromatic hydroxyl groups is 1. The summed E-state index contributed by atoms with van der Waals surface area (Å²) in [6.45, 7) is 3.04. The summed E-state index contributed by atoms with van der Waals surface area (Å²) in [4.78, 5) is 26.6. The third-order valence-electron chi connectivity index (χ3n) is 2.63. The first-order chi connectivity index (χ1) is 9.99. The molecule has 1 heterocycles. The number of nitrogens with one attached hydrogen (secondary N) is 1. The van der Waals surface area contributed by atoms with Gasteiger partial charge in [0.25, 0.3) is 5.24 Å². The Morgan fingerprint density at radius 3 is 2.81 bits per heavy atom. The lowest BCUT2D eigenvalue weighted by atomic mass is 10.1. The van der Waals surface area contributed by atoms with Gasteiger partial charge in [-0.1, -0.05) is 11.8 Å². The normalized spacial score (nSPS) is 10.2. The molecule has 116 valence electrons. The highest BCUT2D eigenvalue weighted by atomic mass is 32.2. The van der Waals surface area contributed by atoms with Gasteiger partial charge in [-0.05, 0) is 19.4 Å². The number of rotatable bonds is 6. The minimum Gasteiger partial charge on any atom is -0.506 e. The topological polar surface area (TPSA) is 109 Å². The molecule has 3 N–H and O–H groups in total. The van der Waals surface area contributed by atoms with Crippen molar-refractivity contribution in [2.75, 3.05) is 13.2 Å². The van der Waals surface area contributed by atoms with E-state index in [1.165, 1.54) is 6.20 Å². The minimum atomic E-state index is -0.503. The van der Waals surface area contributed by atoms with Crippen LogP contribution in [0.15, 0.2) is 6.20 Å². The van der Waals surface area contributed by atoms with E-state index in [1.54, 1.807) is 13.8 Å². The quantitative estimate of drug-likeness (QED) is 0.674. The number of aliphatic hydroxyl groups excluding tert-OH is 1. The molecule has 0 radical (unpaired) electrons. The first-order valence-corrected chi connectivity index (χ1v) is 7.31. The number of hydrogen-bond donors (Lipinski definition) is 3. The zero-order chi connectivity index (χ0) is 15.8. The Balaban J connectivity index is 2.54. The molecule has 8 heteroatoms. The van der Waals surface area contributed by atoms with Crippen molar-refractivity contribution in [3.05, 3.63) is 23.0 Å². The van der Waals surface area contributed by atoms with Crippen LogP contribution in [-0.4, -0.2) is 39.6 Å². The van der Waals surface area contributed by atoms with Gasteiger partial charge >= 0.3 is 5.97 Å². The number of carbonyl (C=O) groups excluding carboxylic acids is 2. The molecule has 7 nitrogen and oxygen atoms in total. The molecule has 0 bridgehead atoms. The van der Waals surface area contributed by atoms with E-state index in [9.17, 15) is 19.8 Å². The van der Waals surface area contributed by atoms with Gasteiger partial charge in [-0.3, -0.25) is 14.6 Å². The zero-order valence-electron chi connectivity index (χ0n) is 11.9. The Kier molecular flexibility index (Phi) is 6.97. The molecule has 0 saturated carbocycles. The number of aliphatic hydroxyl groups is 1. The Hall–Kier alpha value is -1.80. The molecule has 0 aliphatic heterocycles. The number of aryl methyl sites for hydroxylation is 1. The molecule has 1 aromatic rings. The first kappa shape index (κ1) is 17.3. The zero-order valence-corrected chi connectivity index (χ0v) is 12.7. The molecule has 0 atom stereocenters. The lowest BCUT2D eigenvalue weighted by Crippen LogP contribution is -2.27. The van der Waals surface area contributed by atoms with Crippen LogP contribution in [0.2, 0.25) is 0 Å². The van der Waals surface area contributed by atoms with Gasteiger partial charge in [0.1, 0.15) is 12.3 Å². The first-order valence-electron chi connectivity index (χ1n) is 6.33. The van der Waals surface area contributed by atoms with Gasteiger partial charge in [-0.25, -0.2) is 0 Å². The summed E-state index contributed by atoms with van der Waals surface area (Å²) < 4.78 is 4.68. The van der Waals surface area contributed by atoms with E-state index in [4.69, 9.17) is 0 Å². The van der Waals surface area contributed by atoms with Gasteiger partial charge < -0.3 is 20.3 Å². The fraction of sp³-hybridized carbons (Fsp3) is 0.462. The van der Waals surface area contributed by atoms with Gasteiger partial charge in [0, 0.05) is 17.5 Å². The van der Waals surface area contributed by atoms with Crippen molar-refractivity contribution in [3.8, 4) is 5.75 Å². The Morgan fingerprint density at radius 2 is 2.19 bits per heavy atom. The number of hydrogen-bond acceptors (Lipinski definition) is 7. The fourth-order valence-corrected chi connectivity index (χ4v) is 2.25. The number of esters is 1. The maximum Gasteiger partial charge on any atom is 0.325 e. The molecule has 0 saturated heterocycles. The summed E-state index contributed by atoms with van der Waals surface area (Å²) in [7, 11) is 0. The van der Waals surface area contributed by atoms with E-state index in [2.05, 4.69) is 15.0 Å². The highest BCUT2D eigenvalue weighted by Gasteiger charge is 2.13. The average Bonchev–Trinajstić information content (AvgIpc) is 2.46. The highest BCUT2D eigenvalue weighted by molar-refractivity contribution is 8.12. The Bertz CT molecular complexity index is 522. The summed E-state index contributed by atoms with van der Waals surface area (Å²) in [5.41, 5.74) is 1.34. The summed E-state index contributed by atoms with van der Waals surface area (Å²) in [5.74, 6) is -0.342. The number of thioether (sulfide) groups is 1. The van der Waals surface area contributed by atoms with Gasteiger partial charge in [0.15, 0.2) is 0 Å². The summed E-state index contributed by atoms with van der Waals surface area (Å²) in [6.07, 6.45) is 1.51. The van der Waals surface area contributed by atoms with Crippen molar-refractivity contribution in [3.63, 3.8) is 0 Å². The number of aromatic nitrogens is 1. The van der Waals surface area contributed by atoms with Crippen LogP contribution in [0, 0.1) is 6.92 Å². The van der Waals surface area contributed by atoms with E-state index in [0.29, 0.717) is 16.8 Å². The van der Waals surface area contributed by atoms with E-state index in [-0.39, 0.29) is 31.3 Å². The third kappa shape index (κ3) is 5.24. The molecule has 21 heavy (non-hydrogen) atoms. The van der Waals surface area contributed by atoms with Gasteiger partial charge in [-0.15, -0.1) is 0 Å². The maximum atomic E-state index is 11.6. The van der Waals surface area contributed by atoms with E-state index in [0.717, 1.165) is 11.8 Å². The summed E-state index contributed by atoms with van der Waals surface area (Å²) in [5, 5.41) is 21.1. The predicted octanol–water partition coefficient (Wildman–Crippen LogP) is 1.09. The summed E-state index contributed by atoms with van der Waals surface area (Å²) in [6, 6.07) is 0. The van der Waals surface area contributed by atoms with Crippen LogP contribution in [0.25, 0.3) is 0 Å². The van der Waals surface area contributed by atoms with Crippen molar-refractivity contribution < 1.29 is 24.5 Å². The molecule has 1 rings (SSSR count). The van der Waals surface area contributed by atoms with Crippen molar-refractivity contribution in [2.45, 2.75) is 26.2 Å². The van der Waals surface area contributed by atoms with Crippen LogP contribution >= 0.6 is 11.8 Å². The second-order valence-electron chi connectivity index (χ2n) is 4.09. The monoisotopic (exact) mass is 314 g/mol. The predicted molar refractivity (Wildman–Crippen MR) is 77.9 cm³/mol. The number of nitrogens with zero attached hydrogens (tertiary/aromatic N) is 1. The van der Waals surface area contributed by atoms with Crippen LogP contribution in [0.5, 0.6) is 5.75 Å². The molecule has 1 aromatic heterocycles. The van der Waals surface area contributed by atoms with Crippen molar-refractivity contribution in [1.29, 1.82) is 0 Å². The van der Waals surface area contributed by atoms with Crippen molar-refractivity contribution >= 4 is 23.0 Å². The second kappa shape index (κ2) is 8.48. The van der Waals surface area contributed by atoms with Gasteiger partial charge in [0.05, 0.1) is 18.9 Å². The molecule has 0 aromatic carbocycles. The molecular formula is C13H18N2O5S. The van der Waals surface area contributed by atoms with Crippen molar-refractivity contribution in [1.82, 2.24) is 10.3 Å². The molecule has 0 aliphatic carbocycles. The minimum absolute atomic E-state index is 0.0671. The van der Waals surface area contributed by atoms with Crippen LogP contribution in [0.3, 0.4) is 0 Å². The number of carbonyl (C=O) groups is 2. The molecule has 0 aliphatic rings. The van der Waals surface area contributed by atoms with Crippen LogP contribution in [-0.2, 0) is 21.9 Å². The number of pyridine rings is 1. The standard InChI is InChI=1S/C13H18N2O5S/c1-3-20-11(17)5-15-13(19)21-7-9-4-14-8(2)12(18)10(9)6-16/h4,16,18H,3,5-7H2,1-2H3,(H,15,19). The number of amides is 1. The maximum absolute atomic E-state index is 11.6. The molecule has 0 unspecified atom stereocenters. The smallest absolute Gasteiger partial charge is 0.325 e. The number of ether oxygens (including phenoxy) is 1. The Labute approximate surface area is 126 Å². The summed E-state index contributed by atoms with van der Waals surface area (Å²) >= 11 is 0.914. The van der Waals surface area contributed by atoms with Crippen LogP contribution in [0.1, 0.15) is 23.7 Å².